The van der Waals surface area contributed by atoms with Crippen molar-refractivity contribution < 1.29 is 4.79 Å². The summed E-state index contributed by atoms with van der Waals surface area (Å²) in [6.45, 7) is 12.0. The fourth-order valence-electron chi connectivity index (χ4n) is 2.90. The maximum atomic E-state index is 11.8. The lowest BCUT2D eigenvalue weighted by atomic mass is 9.89. The Kier molecular flexibility index (Phi) is 5.10. The van der Waals surface area contributed by atoms with Crippen LogP contribution in [-0.4, -0.2) is 29.1 Å². The number of allylic oxidation sites excluding steroid dienone is 1. The van der Waals surface area contributed by atoms with Crippen molar-refractivity contribution in [2.45, 2.75) is 40.0 Å². The van der Waals surface area contributed by atoms with E-state index in [1.807, 2.05) is 6.07 Å². The molecule has 0 unspecified atom stereocenters. The third-order valence-electron chi connectivity index (χ3n) is 4.01. The monoisotopic (exact) mass is 287 g/mol. The van der Waals surface area contributed by atoms with Gasteiger partial charge in [0.05, 0.1) is 0 Å². The molecule has 1 aromatic rings. The molecule has 2 rings (SSSR count). The van der Waals surface area contributed by atoms with Crippen LogP contribution in [0.5, 0.6) is 0 Å². The second-order valence-electron chi connectivity index (χ2n) is 6.45. The van der Waals surface area contributed by atoms with E-state index in [4.69, 9.17) is 0 Å². The molecule has 4 heteroatoms. The van der Waals surface area contributed by atoms with Crippen molar-refractivity contribution in [3.05, 3.63) is 30.0 Å². The molecule has 2 heterocycles. The lowest BCUT2D eigenvalue weighted by molar-refractivity contribution is 0.102. The molecule has 1 aromatic heterocycles. The Balaban J connectivity index is 1.95. The normalized spacial score (nSPS) is 16.3. The van der Waals surface area contributed by atoms with Crippen LogP contribution in [0.3, 0.4) is 0 Å². The predicted octanol–water partition coefficient (Wildman–Crippen LogP) is 3.50. The molecule has 1 aliphatic rings. The number of carbonyl (C=O) groups excluding carboxylic acids is 1. The molecule has 0 atom stereocenters. The highest BCUT2D eigenvalue weighted by atomic mass is 16.1. The first-order chi connectivity index (χ1) is 9.97. The maximum absolute atomic E-state index is 11.8. The first-order valence-corrected chi connectivity index (χ1v) is 7.76. The van der Waals surface area contributed by atoms with Crippen LogP contribution >= 0.6 is 0 Å². The topological polar surface area (TPSA) is 46.1 Å². The quantitative estimate of drug-likeness (QED) is 0.614. The van der Waals surface area contributed by atoms with Gasteiger partial charge in [-0.2, -0.15) is 0 Å². The number of carbonyl (C=O) groups is 1. The summed E-state index contributed by atoms with van der Waals surface area (Å²) in [4.78, 5) is 14.0. The standard InChI is InChI=1S/C17H25N3O/c1-12(2)11-14-7-9-20(10-8-14)16-6-5-15(18-19-16)17(21)13(3)4/h5-6,12,14H,3,7-11H2,1-2,4H3. The number of ketones is 1. The molecule has 1 saturated heterocycles. The van der Waals surface area contributed by atoms with E-state index >= 15 is 0 Å². The van der Waals surface area contributed by atoms with Gasteiger partial charge in [-0.05, 0) is 55.7 Å². The highest BCUT2D eigenvalue weighted by molar-refractivity contribution is 6.06. The molecule has 0 radical (unpaired) electrons. The lowest BCUT2D eigenvalue weighted by Gasteiger charge is -2.33. The zero-order chi connectivity index (χ0) is 15.4. The minimum Gasteiger partial charge on any atom is -0.355 e. The summed E-state index contributed by atoms with van der Waals surface area (Å²) < 4.78 is 0. The molecule has 21 heavy (non-hydrogen) atoms. The molecule has 0 bridgehead atoms. The Labute approximate surface area is 127 Å². The van der Waals surface area contributed by atoms with Crippen LogP contribution in [0, 0.1) is 11.8 Å². The van der Waals surface area contributed by atoms with Crippen molar-refractivity contribution in [1.29, 1.82) is 0 Å². The zero-order valence-corrected chi connectivity index (χ0v) is 13.3. The lowest BCUT2D eigenvalue weighted by Crippen LogP contribution is -2.34. The van der Waals surface area contributed by atoms with Gasteiger partial charge in [-0.1, -0.05) is 20.4 Å². The van der Waals surface area contributed by atoms with E-state index < -0.39 is 0 Å². The van der Waals surface area contributed by atoms with Gasteiger partial charge in [0.1, 0.15) is 5.69 Å². The highest BCUT2D eigenvalue weighted by Crippen LogP contribution is 2.26. The number of rotatable bonds is 5. The molecule has 1 fully saturated rings. The van der Waals surface area contributed by atoms with Gasteiger partial charge >= 0.3 is 0 Å². The van der Waals surface area contributed by atoms with Gasteiger partial charge in [-0.25, -0.2) is 0 Å². The number of nitrogens with zero attached hydrogens (tertiary/aromatic N) is 3. The van der Waals surface area contributed by atoms with E-state index in [2.05, 4.69) is 35.5 Å². The summed E-state index contributed by atoms with van der Waals surface area (Å²) in [7, 11) is 0. The second-order valence-corrected chi connectivity index (χ2v) is 6.45. The van der Waals surface area contributed by atoms with E-state index in [0.717, 1.165) is 30.7 Å². The molecule has 4 nitrogen and oxygen atoms in total. The largest absolute Gasteiger partial charge is 0.355 e. The Morgan fingerprint density at radius 3 is 2.48 bits per heavy atom. The second kappa shape index (κ2) is 6.83. The third kappa shape index (κ3) is 4.13. The molecule has 1 aliphatic heterocycles. The van der Waals surface area contributed by atoms with Crippen molar-refractivity contribution in [3.63, 3.8) is 0 Å². The summed E-state index contributed by atoms with van der Waals surface area (Å²) in [6, 6.07) is 3.64. The number of aromatic nitrogens is 2. The fourth-order valence-corrected chi connectivity index (χ4v) is 2.90. The molecule has 0 amide bonds. The van der Waals surface area contributed by atoms with Crippen LogP contribution < -0.4 is 4.90 Å². The molecule has 0 N–H and O–H groups in total. The minimum absolute atomic E-state index is 0.135. The average Bonchev–Trinajstić information content (AvgIpc) is 2.47. The van der Waals surface area contributed by atoms with Gasteiger partial charge in [0.2, 0.25) is 5.78 Å². The molecule has 114 valence electrons. The van der Waals surface area contributed by atoms with E-state index in [1.165, 1.54) is 19.3 Å². The van der Waals surface area contributed by atoms with Crippen molar-refractivity contribution in [2.75, 3.05) is 18.0 Å². The SMILES string of the molecule is C=C(C)C(=O)c1ccc(N2CCC(CC(C)C)CC2)nn1. The Hall–Kier alpha value is -1.71. The average molecular weight is 287 g/mol. The van der Waals surface area contributed by atoms with Crippen molar-refractivity contribution >= 4 is 11.6 Å². The van der Waals surface area contributed by atoms with Crippen LogP contribution in [0.1, 0.15) is 50.5 Å². The van der Waals surface area contributed by atoms with Gasteiger partial charge in [-0.15, -0.1) is 10.2 Å². The molecule has 0 saturated carbocycles. The van der Waals surface area contributed by atoms with Gasteiger partial charge < -0.3 is 4.90 Å². The maximum Gasteiger partial charge on any atom is 0.208 e. The van der Waals surface area contributed by atoms with Crippen LogP contribution in [0.25, 0.3) is 0 Å². The third-order valence-corrected chi connectivity index (χ3v) is 4.01. The van der Waals surface area contributed by atoms with Gasteiger partial charge in [0.15, 0.2) is 5.82 Å². The van der Waals surface area contributed by atoms with E-state index in [9.17, 15) is 4.79 Å². The Bertz CT molecular complexity index is 499. The highest BCUT2D eigenvalue weighted by Gasteiger charge is 2.21. The van der Waals surface area contributed by atoms with Crippen LogP contribution in [-0.2, 0) is 0 Å². The first-order valence-electron chi connectivity index (χ1n) is 7.76. The number of Topliss-reactive ketones (excluding diaryl/α,β-unsaturated/α-hetero) is 1. The number of piperidine rings is 1. The van der Waals surface area contributed by atoms with Gasteiger partial charge in [0.25, 0.3) is 0 Å². The summed E-state index contributed by atoms with van der Waals surface area (Å²) >= 11 is 0. The van der Waals surface area contributed by atoms with Gasteiger partial charge in [0, 0.05) is 13.1 Å². The van der Waals surface area contributed by atoms with Crippen LogP contribution in [0.4, 0.5) is 5.82 Å². The first kappa shape index (κ1) is 15.7. The molecule has 0 spiro atoms. The zero-order valence-electron chi connectivity index (χ0n) is 13.3. The molecular weight excluding hydrogens is 262 g/mol. The van der Waals surface area contributed by atoms with E-state index in [0.29, 0.717) is 11.3 Å². The number of hydrogen-bond acceptors (Lipinski definition) is 4. The fraction of sp³-hybridized carbons (Fsp3) is 0.588. The van der Waals surface area contributed by atoms with E-state index in [1.54, 1.807) is 13.0 Å². The van der Waals surface area contributed by atoms with Crippen LogP contribution in [0.15, 0.2) is 24.3 Å². The van der Waals surface area contributed by atoms with Crippen molar-refractivity contribution in [3.8, 4) is 0 Å². The predicted molar refractivity (Wildman–Crippen MR) is 85.6 cm³/mol. The molecule has 0 aromatic carbocycles. The van der Waals surface area contributed by atoms with E-state index in [-0.39, 0.29) is 5.78 Å². The van der Waals surface area contributed by atoms with Gasteiger partial charge in [-0.3, -0.25) is 4.79 Å². The number of anilines is 1. The minimum atomic E-state index is -0.135. The molecule has 0 aliphatic carbocycles. The summed E-state index contributed by atoms with van der Waals surface area (Å²) in [5.74, 6) is 2.34. The Morgan fingerprint density at radius 1 is 1.33 bits per heavy atom. The summed E-state index contributed by atoms with van der Waals surface area (Å²) in [6.07, 6.45) is 3.74. The Morgan fingerprint density at radius 2 is 2.00 bits per heavy atom. The molecular formula is C17H25N3O. The van der Waals surface area contributed by atoms with Crippen molar-refractivity contribution in [1.82, 2.24) is 10.2 Å². The summed E-state index contributed by atoms with van der Waals surface area (Å²) in [5.41, 5.74) is 0.868. The summed E-state index contributed by atoms with van der Waals surface area (Å²) in [5, 5.41) is 8.25. The smallest absolute Gasteiger partial charge is 0.208 e. The van der Waals surface area contributed by atoms with Crippen molar-refractivity contribution in [2.24, 2.45) is 11.8 Å². The van der Waals surface area contributed by atoms with Crippen LogP contribution in [0.2, 0.25) is 0 Å². The number of hydrogen-bond donors (Lipinski definition) is 0.